The van der Waals surface area contributed by atoms with Crippen LogP contribution in [-0.2, 0) is 9.53 Å². The zero-order valence-electron chi connectivity index (χ0n) is 8.12. The van der Waals surface area contributed by atoms with Gasteiger partial charge in [-0.1, -0.05) is 6.92 Å². The van der Waals surface area contributed by atoms with Crippen LogP contribution in [0, 0.1) is 0 Å². The van der Waals surface area contributed by atoms with Gasteiger partial charge in [0.2, 0.25) is 0 Å². The van der Waals surface area contributed by atoms with Crippen LogP contribution in [0.3, 0.4) is 0 Å². The van der Waals surface area contributed by atoms with Crippen molar-refractivity contribution in [2.75, 3.05) is 6.54 Å². The van der Waals surface area contributed by atoms with Crippen molar-refractivity contribution in [3.63, 3.8) is 0 Å². The maximum Gasteiger partial charge on any atom is 0.323 e. The van der Waals surface area contributed by atoms with Gasteiger partial charge in [-0.25, -0.2) is 0 Å². The molecule has 3 unspecified atom stereocenters. The van der Waals surface area contributed by atoms with Crippen molar-refractivity contribution in [1.82, 2.24) is 5.32 Å². The Kier molecular flexibility index (Phi) is 3.69. The molecule has 2 N–H and O–H groups in total. The lowest BCUT2D eigenvalue weighted by molar-refractivity contribution is -0.143. The number of hydrogen-bond donors (Lipinski definition) is 2. The number of aliphatic carboxylic acids is 1. The Labute approximate surface area is 78.3 Å². The third-order valence-corrected chi connectivity index (χ3v) is 2.33. The normalized spacial score (nSPS) is 30.3. The second kappa shape index (κ2) is 4.58. The summed E-state index contributed by atoms with van der Waals surface area (Å²) >= 11 is 0. The molecule has 0 aromatic rings. The average Bonchev–Trinajstić information content (AvgIpc) is 2.46. The van der Waals surface area contributed by atoms with E-state index in [-0.39, 0.29) is 12.2 Å². The van der Waals surface area contributed by atoms with E-state index >= 15 is 0 Å². The van der Waals surface area contributed by atoms with E-state index in [4.69, 9.17) is 9.84 Å². The van der Waals surface area contributed by atoms with Crippen molar-refractivity contribution in [3.8, 4) is 0 Å². The first-order valence-corrected chi connectivity index (χ1v) is 4.76. The van der Waals surface area contributed by atoms with Crippen LogP contribution in [0.4, 0.5) is 0 Å². The SMILES string of the molecule is CCNC(C(=O)O)C1CCC(C)O1. The van der Waals surface area contributed by atoms with E-state index in [1.807, 2.05) is 13.8 Å². The highest BCUT2D eigenvalue weighted by Crippen LogP contribution is 2.21. The molecule has 1 aliphatic heterocycles. The van der Waals surface area contributed by atoms with Crippen LogP contribution in [0.15, 0.2) is 0 Å². The smallest absolute Gasteiger partial charge is 0.323 e. The topological polar surface area (TPSA) is 58.6 Å². The summed E-state index contributed by atoms with van der Waals surface area (Å²) in [6.07, 6.45) is 1.84. The summed E-state index contributed by atoms with van der Waals surface area (Å²) in [4.78, 5) is 10.8. The number of likely N-dealkylation sites (N-methyl/N-ethyl adjacent to an activating group) is 1. The summed E-state index contributed by atoms with van der Waals surface area (Å²) in [5.41, 5.74) is 0. The summed E-state index contributed by atoms with van der Waals surface area (Å²) in [6, 6.07) is -0.546. The van der Waals surface area contributed by atoms with Gasteiger partial charge in [-0.2, -0.15) is 0 Å². The second-order valence-corrected chi connectivity index (χ2v) is 3.44. The standard InChI is InChI=1S/C9H17NO3/c1-3-10-8(9(11)12)7-5-4-6(2)13-7/h6-8,10H,3-5H2,1-2H3,(H,11,12). The van der Waals surface area contributed by atoms with Gasteiger partial charge in [-0.15, -0.1) is 0 Å². The molecule has 0 aromatic heterocycles. The highest BCUT2D eigenvalue weighted by atomic mass is 16.5. The molecule has 13 heavy (non-hydrogen) atoms. The average molecular weight is 187 g/mol. The fourth-order valence-corrected chi connectivity index (χ4v) is 1.68. The van der Waals surface area contributed by atoms with Crippen molar-refractivity contribution in [3.05, 3.63) is 0 Å². The Hall–Kier alpha value is -0.610. The van der Waals surface area contributed by atoms with Gasteiger partial charge in [-0.3, -0.25) is 4.79 Å². The summed E-state index contributed by atoms with van der Waals surface area (Å²) in [5.74, 6) is -0.819. The maximum atomic E-state index is 10.8. The molecular formula is C9H17NO3. The summed E-state index contributed by atoms with van der Waals surface area (Å²) in [5, 5.41) is 11.8. The minimum absolute atomic E-state index is 0.160. The summed E-state index contributed by atoms with van der Waals surface area (Å²) < 4.78 is 5.49. The summed E-state index contributed by atoms with van der Waals surface area (Å²) in [6.45, 7) is 4.53. The molecule has 1 rings (SSSR count). The van der Waals surface area contributed by atoms with Crippen molar-refractivity contribution in [2.24, 2.45) is 0 Å². The summed E-state index contributed by atoms with van der Waals surface area (Å²) in [7, 11) is 0. The van der Waals surface area contributed by atoms with Gasteiger partial charge in [0.05, 0.1) is 12.2 Å². The molecule has 4 nitrogen and oxygen atoms in total. The monoisotopic (exact) mass is 187 g/mol. The molecule has 1 aliphatic rings. The molecule has 0 saturated carbocycles. The van der Waals surface area contributed by atoms with Gasteiger partial charge < -0.3 is 15.2 Å². The van der Waals surface area contributed by atoms with Crippen molar-refractivity contribution < 1.29 is 14.6 Å². The van der Waals surface area contributed by atoms with Crippen molar-refractivity contribution >= 4 is 5.97 Å². The van der Waals surface area contributed by atoms with Crippen LogP contribution >= 0.6 is 0 Å². The van der Waals surface area contributed by atoms with E-state index in [0.717, 1.165) is 12.8 Å². The molecule has 1 saturated heterocycles. The van der Waals surface area contributed by atoms with Crippen LogP contribution in [0.5, 0.6) is 0 Å². The van der Waals surface area contributed by atoms with E-state index in [9.17, 15) is 4.79 Å². The number of nitrogens with one attached hydrogen (secondary N) is 1. The van der Waals surface area contributed by atoms with Gasteiger partial charge in [0.1, 0.15) is 6.04 Å². The first-order valence-electron chi connectivity index (χ1n) is 4.76. The van der Waals surface area contributed by atoms with Crippen LogP contribution in [0.25, 0.3) is 0 Å². The number of rotatable bonds is 4. The Balaban J connectivity index is 2.49. The van der Waals surface area contributed by atoms with Crippen LogP contribution in [0.1, 0.15) is 26.7 Å². The van der Waals surface area contributed by atoms with Gasteiger partial charge >= 0.3 is 5.97 Å². The van der Waals surface area contributed by atoms with Gasteiger partial charge in [0.15, 0.2) is 0 Å². The predicted octanol–water partition coefficient (Wildman–Crippen LogP) is 0.617. The van der Waals surface area contributed by atoms with E-state index in [1.54, 1.807) is 0 Å². The quantitative estimate of drug-likeness (QED) is 0.677. The van der Waals surface area contributed by atoms with E-state index in [0.29, 0.717) is 6.54 Å². The second-order valence-electron chi connectivity index (χ2n) is 3.44. The lowest BCUT2D eigenvalue weighted by Gasteiger charge is -2.20. The minimum Gasteiger partial charge on any atom is -0.480 e. The first-order chi connectivity index (χ1) is 6.15. The van der Waals surface area contributed by atoms with Gasteiger partial charge in [0.25, 0.3) is 0 Å². The number of carboxylic acid groups (broad SMARTS) is 1. The molecule has 0 aromatic carbocycles. The maximum absolute atomic E-state index is 10.8. The zero-order chi connectivity index (χ0) is 9.84. The number of ether oxygens (including phenoxy) is 1. The van der Waals surface area contributed by atoms with Crippen LogP contribution in [0.2, 0.25) is 0 Å². The predicted molar refractivity (Wildman–Crippen MR) is 48.7 cm³/mol. The molecule has 3 atom stereocenters. The van der Waals surface area contributed by atoms with Gasteiger partial charge in [-0.05, 0) is 26.3 Å². The highest BCUT2D eigenvalue weighted by Gasteiger charge is 2.33. The highest BCUT2D eigenvalue weighted by molar-refractivity contribution is 5.74. The molecule has 0 amide bonds. The minimum atomic E-state index is -0.819. The van der Waals surface area contributed by atoms with E-state index in [2.05, 4.69) is 5.32 Å². The fourth-order valence-electron chi connectivity index (χ4n) is 1.68. The van der Waals surface area contributed by atoms with Crippen molar-refractivity contribution in [1.29, 1.82) is 0 Å². The van der Waals surface area contributed by atoms with E-state index < -0.39 is 12.0 Å². The van der Waals surface area contributed by atoms with Gasteiger partial charge in [0, 0.05) is 0 Å². The number of carboxylic acids is 1. The Morgan fingerprint density at radius 2 is 2.38 bits per heavy atom. The van der Waals surface area contributed by atoms with E-state index in [1.165, 1.54) is 0 Å². The third-order valence-electron chi connectivity index (χ3n) is 2.33. The molecule has 0 aliphatic carbocycles. The van der Waals surface area contributed by atoms with Crippen LogP contribution in [-0.4, -0.2) is 35.9 Å². The molecule has 1 heterocycles. The zero-order valence-corrected chi connectivity index (χ0v) is 8.12. The molecular weight excluding hydrogens is 170 g/mol. The Morgan fingerprint density at radius 3 is 2.77 bits per heavy atom. The number of carbonyl (C=O) groups is 1. The fraction of sp³-hybridized carbons (Fsp3) is 0.889. The molecule has 1 fully saturated rings. The first kappa shape index (κ1) is 10.5. The Morgan fingerprint density at radius 1 is 1.69 bits per heavy atom. The van der Waals surface area contributed by atoms with Crippen LogP contribution < -0.4 is 5.32 Å². The third kappa shape index (κ3) is 2.67. The lowest BCUT2D eigenvalue weighted by atomic mass is 10.1. The molecule has 0 bridgehead atoms. The molecule has 0 radical (unpaired) electrons. The Bertz CT molecular complexity index is 184. The molecule has 0 spiro atoms. The lowest BCUT2D eigenvalue weighted by Crippen LogP contribution is -2.45. The molecule has 4 heteroatoms. The molecule has 76 valence electrons. The van der Waals surface area contributed by atoms with Crippen molar-refractivity contribution in [2.45, 2.75) is 44.9 Å². The number of hydrogen-bond acceptors (Lipinski definition) is 3. The largest absolute Gasteiger partial charge is 0.480 e.